The third-order valence-corrected chi connectivity index (χ3v) is 6.51. The average molecular weight is 422 g/mol. The number of fused-ring (bicyclic) bond motifs is 4. The lowest BCUT2D eigenvalue weighted by Crippen LogP contribution is -2.35. The van der Waals surface area contributed by atoms with Gasteiger partial charge >= 0.3 is 0 Å². The minimum Gasteiger partial charge on any atom is -0.491 e. The average Bonchev–Trinajstić information content (AvgIpc) is 3.29. The first-order valence-electron chi connectivity index (χ1n) is 11.0. The monoisotopic (exact) mass is 421 g/mol. The third kappa shape index (κ3) is 2.88. The molecule has 158 valence electrons. The lowest BCUT2D eigenvalue weighted by Gasteiger charge is -2.20. The molecule has 1 unspecified atom stereocenters. The van der Waals surface area contributed by atoms with Crippen LogP contribution >= 0.6 is 0 Å². The molecule has 2 aromatic heterocycles. The number of carbonyl (C=O) groups is 1. The van der Waals surface area contributed by atoms with Gasteiger partial charge in [-0.3, -0.25) is 4.79 Å². The van der Waals surface area contributed by atoms with Crippen molar-refractivity contribution in [2.24, 2.45) is 0 Å². The molecular weight excluding hydrogens is 398 g/mol. The highest BCUT2D eigenvalue weighted by Gasteiger charge is 2.51. The Kier molecular flexibility index (Phi) is 4.09. The first kappa shape index (κ1) is 19.0. The Bertz CT molecular complexity index is 1380. The van der Waals surface area contributed by atoms with E-state index >= 15 is 0 Å². The Morgan fingerprint density at radius 3 is 2.56 bits per heavy atom. The number of rotatable bonds is 3. The summed E-state index contributed by atoms with van der Waals surface area (Å²) in [6.45, 7) is 4.04. The number of benzene rings is 2. The third-order valence-electron chi connectivity index (χ3n) is 6.51. The number of nitrogens with zero attached hydrogens (tertiary/aromatic N) is 2. The van der Waals surface area contributed by atoms with E-state index in [1.54, 1.807) is 6.20 Å². The zero-order chi connectivity index (χ0) is 21.9. The molecule has 1 atom stereocenters. The second-order valence-corrected chi connectivity index (χ2v) is 8.99. The number of carbonyl (C=O) groups excluding carboxylic acids is 1. The van der Waals surface area contributed by atoms with Crippen molar-refractivity contribution in [3.05, 3.63) is 83.6 Å². The Hall–Kier alpha value is -3.73. The van der Waals surface area contributed by atoms with Gasteiger partial charge in [0.15, 0.2) is 0 Å². The second-order valence-electron chi connectivity index (χ2n) is 8.99. The van der Waals surface area contributed by atoms with E-state index < -0.39 is 5.41 Å². The quantitative estimate of drug-likeness (QED) is 0.501. The zero-order valence-corrected chi connectivity index (χ0v) is 18.1. The van der Waals surface area contributed by atoms with Crippen LogP contribution in [0.5, 0.6) is 5.75 Å². The normalized spacial score (nSPS) is 18.8. The summed E-state index contributed by atoms with van der Waals surface area (Å²) in [6.07, 6.45) is 3.24. The summed E-state index contributed by atoms with van der Waals surface area (Å²) in [6, 6.07) is 20.5. The fourth-order valence-electron chi connectivity index (χ4n) is 5.03. The molecule has 6 rings (SSSR count). The van der Waals surface area contributed by atoms with E-state index in [9.17, 15) is 4.79 Å². The van der Waals surface area contributed by atoms with Crippen LogP contribution in [0.15, 0.2) is 66.9 Å². The maximum Gasteiger partial charge on any atom is 0.237 e. The van der Waals surface area contributed by atoms with Crippen LogP contribution in [0.25, 0.3) is 22.2 Å². The number of hydrogen-bond acceptors (Lipinski definition) is 4. The van der Waals surface area contributed by atoms with Crippen molar-refractivity contribution < 1.29 is 9.53 Å². The fraction of sp³-hybridized carbons (Fsp3) is 0.222. The molecule has 0 radical (unpaired) electrons. The van der Waals surface area contributed by atoms with Crippen LogP contribution in [0, 0.1) is 0 Å². The Morgan fingerprint density at radius 1 is 1.00 bits per heavy atom. The number of aromatic nitrogens is 2. The van der Waals surface area contributed by atoms with Crippen molar-refractivity contribution in [2.45, 2.75) is 38.2 Å². The van der Waals surface area contributed by atoms with Crippen molar-refractivity contribution in [1.29, 1.82) is 0 Å². The molecule has 2 aliphatic rings. The van der Waals surface area contributed by atoms with E-state index in [4.69, 9.17) is 9.72 Å². The molecule has 4 aromatic rings. The molecule has 1 spiro atoms. The topological polar surface area (TPSA) is 64.1 Å². The molecule has 2 aromatic carbocycles. The molecule has 1 aliphatic carbocycles. The maximum absolute atomic E-state index is 13.0. The van der Waals surface area contributed by atoms with Crippen LogP contribution in [-0.4, -0.2) is 22.0 Å². The first-order chi connectivity index (χ1) is 15.5. The van der Waals surface area contributed by atoms with Crippen molar-refractivity contribution in [1.82, 2.24) is 9.97 Å². The van der Waals surface area contributed by atoms with Gasteiger partial charge in [0.25, 0.3) is 0 Å². The predicted octanol–water partition coefficient (Wildman–Crippen LogP) is 5.07. The second kappa shape index (κ2) is 6.89. The van der Waals surface area contributed by atoms with Gasteiger partial charge in [0, 0.05) is 22.7 Å². The molecule has 0 saturated heterocycles. The highest BCUT2D eigenvalue weighted by atomic mass is 16.5. The van der Waals surface area contributed by atoms with E-state index in [1.165, 1.54) is 11.1 Å². The lowest BCUT2D eigenvalue weighted by molar-refractivity contribution is -0.120. The van der Waals surface area contributed by atoms with Gasteiger partial charge in [-0.1, -0.05) is 12.1 Å². The number of ether oxygens (including phenoxy) is 1. The molecule has 3 heterocycles. The van der Waals surface area contributed by atoms with Crippen LogP contribution < -0.4 is 10.1 Å². The predicted molar refractivity (Wildman–Crippen MR) is 125 cm³/mol. The largest absolute Gasteiger partial charge is 0.491 e. The van der Waals surface area contributed by atoms with Crippen molar-refractivity contribution >= 4 is 22.6 Å². The van der Waals surface area contributed by atoms with E-state index in [0.717, 1.165) is 33.5 Å². The summed E-state index contributed by atoms with van der Waals surface area (Å²) < 4.78 is 5.75. The summed E-state index contributed by atoms with van der Waals surface area (Å²) >= 11 is 0. The molecule has 32 heavy (non-hydrogen) atoms. The smallest absolute Gasteiger partial charge is 0.237 e. The molecule has 0 fully saturated rings. The van der Waals surface area contributed by atoms with Crippen LogP contribution in [0.1, 0.15) is 30.5 Å². The fourth-order valence-corrected chi connectivity index (χ4v) is 5.03. The number of pyridine rings is 2. The van der Waals surface area contributed by atoms with Crippen molar-refractivity contribution in [2.75, 3.05) is 5.32 Å². The van der Waals surface area contributed by atoms with E-state index in [1.807, 2.05) is 50.2 Å². The lowest BCUT2D eigenvalue weighted by atomic mass is 9.79. The molecule has 1 aliphatic heterocycles. The summed E-state index contributed by atoms with van der Waals surface area (Å²) in [5, 5.41) is 4.07. The van der Waals surface area contributed by atoms with Crippen LogP contribution in [0.3, 0.4) is 0 Å². The van der Waals surface area contributed by atoms with E-state index in [0.29, 0.717) is 18.7 Å². The maximum atomic E-state index is 13.0. The molecular formula is C27H23N3O2. The van der Waals surface area contributed by atoms with Gasteiger partial charge in [0.1, 0.15) is 11.6 Å². The summed E-state index contributed by atoms with van der Waals surface area (Å²) in [5.74, 6) is 1.60. The molecule has 1 amide bonds. The number of nitrogens with one attached hydrogen (secondary N) is 1. The number of amides is 1. The highest BCUT2D eigenvalue weighted by Crippen LogP contribution is 2.47. The highest BCUT2D eigenvalue weighted by molar-refractivity contribution is 6.06. The Labute approximate surface area is 186 Å². The van der Waals surface area contributed by atoms with Gasteiger partial charge in [-0.25, -0.2) is 9.97 Å². The summed E-state index contributed by atoms with van der Waals surface area (Å²) in [4.78, 5) is 22.3. The van der Waals surface area contributed by atoms with Crippen LogP contribution in [-0.2, 0) is 23.1 Å². The van der Waals surface area contributed by atoms with Crippen molar-refractivity contribution in [3.8, 4) is 17.0 Å². The number of anilines is 1. The standard InChI is InChI=1S/C27H23N3O2/c1-16(2)32-21-8-5-17(6-9-21)23-10-7-18-12-19-14-27(15-20(19)13-24(18)29-23)22-4-3-11-28-25(22)30-26(27)31/h3-13,16H,14-15H2,1-2H3,(H,28,30,31). The van der Waals surface area contributed by atoms with Gasteiger partial charge in [-0.05, 0) is 86.3 Å². The van der Waals surface area contributed by atoms with Gasteiger partial charge in [-0.2, -0.15) is 0 Å². The number of hydrogen-bond donors (Lipinski definition) is 1. The van der Waals surface area contributed by atoms with Crippen molar-refractivity contribution in [3.63, 3.8) is 0 Å². The van der Waals surface area contributed by atoms with E-state index in [-0.39, 0.29) is 12.0 Å². The summed E-state index contributed by atoms with van der Waals surface area (Å²) in [7, 11) is 0. The Balaban J connectivity index is 1.36. The molecule has 0 saturated carbocycles. The van der Waals surface area contributed by atoms with Crippen LogP contribution in [0.2, 0.25) is 0 Å². The zero-order valence-electron chi connectivity index (χ0n) is 18.1. The van der Waals surface area contributed by atoms with E-state index in [2.05, 4.69) is 34.6 Å². The first-order valence-corrected chi connectivity index (χ1v) is 11.0. The minimum absolute atomic E-state index is 0.0452. The SMILES string of the molecule is CC(C)Oc1ccc(-c2ccc3cc4c(cc3n2)CC2(C4)C(=O)Nc3ncccc32)cc1. The minimum atomic E-state index is -0.557. The molecule has 1 N–H and O–H groups in total. The van der Waals surface area contributed by atoms with Crippen LogP contribution in [0.4, 0.5) is 5.82 Å². The van der Waals surface area contributed by atoms with Gasteiger partial charge in [0.2, 0.25) is 5.91 Å². The Morgan fingerprint density at radius 2 is 1.78 bits per heavy atom. The molecule has 0 bridgehead atoms. The van der Waals surface area contributed by atoms with Gasteiger partial charge in [-0.15, -0.1) is 0 Å². The molecule has 5 heteroatoms. The summed E-state index contributed by atoms with van der Waals surface area (Å²) in [5.41, 5.74) is 5.78. The van der Waals surface area contributed by atoms with Gasteiger partial charge in [0.05, 0.1) is 22.7 Å². The van der Waals surface area contributed by atoms with Gasteiger partial charge < -0.3 is 10.1 Å². The molecule has 5 nitrogen and oxygen atoms in total.